The molecule has 0 saturated carbocycles. The molecule has 1 aliphatic heterocycles. The number of amides is 3. The summed E-state index contributed by atoms with van der Waals surface area (Å²) >= 11 is 1.67. The molecule has 0 radical (unpaired) electrons. The van der Waals surface area contributed by atoms with Crippen LogP contribution in [0.15, 0.2) is 60.8 Å². The molecule has 3 aromatic rings. The largest absolute Gasteiger partial charge is 0.322 e. The minimum Gasteiger partial charge on any atom is -0.320 e. The summed E-state index contributed by atoms with van der Waals surface area (Å²) in [6.45, 7) is 1.70. The zero-order valence-corrected chi connectivity index (χ0v) is 14.3. The lowest BCUT2D eigenvalue weighted by atomic mass is 9.91. The van der Waals surface area contributed by atoms with E-state index in [9.17, 15) is 9.59 Å². The Hall–Kier alpha value is -2.99. The summed E-state index contributed by atoms with van der Waals surface area (Å²) in [5, 5.41) is 4.96. The molecule has 2 aromatic heterocycles. The minimum absolute atomic E-state index is 0.334. The molecular weight excluding hydrogens is 334 g/mol. The Bertz CT molecular complexity index is 950. The zero-order valence-electron chi connectivity index (χ0n) is 13.4. The van der Waals surface area contributed by atoms with Crippen LogP contribution in [0.5, 0.6) is 0 Å². The highest BCUT2D eigenvalue weighted by molar-refractivity contribution is 7.18. The van der Waals surface area contributed by atoms with Gasteiger partial charge in [0.15, 0.2) is 0 Å². The van der Waals surface area contributed by atoms with Crippen molar-refractivity contribution in [1.82, 2.24) is 15.6 Å². The number of nitrogens with one attached hydrogen (secondary N) is 2. The molecule has 5 nitrogen and oxygen atoms in total. The van der Waals surface area contributed by atoms with Crippen LogP contribution in [-0.2, 0) is 10.3 Å². The maximum Gasteiger partial charge on any atom is 0.322 e. The molecule has 25 heavy (non-hydrogen) atoms. The Kier molecular flexibility index (Phi) is 3.62. The molecule has 2 N–H and O–H groups in total. The van der Waals surface area contributed by atoms with E-state index in [0.29, 0.717) is 0 Å². The van der Waals surface area contributed by atoms with E-state index < -0.39 is 11.6 Å². The van der Waals surface area contributed by atoms with Gasteiger partial charge in [0.05, 0.1) is 10.6 Å². The second-order valence-electron chi connectivity index (χ2n) is 5.99. The zero-order chi connectivity index (χ0) is 17.4. The number of urea groups is 1. The van der Waals surface area contributed by atoms with Gasteiger partial charge in [-0.3, -0.25) is 15.1 Å². The molecule has 3 amide bonds. The first-order valence-corrected chi connectivity index (χ1v) is 8.64. The lowest BCUT2D eigenvalue weighted by Gasteiger charge is -2.21. The van der Waals surface area contributed by atoms with Gasteiger partial charge in [0.1, 0.15) is 5.54 Å². The van der Waals surface area contributed by atoms with Gasteiger partial charge in [-0.25, -0.2) is 4.79 Å². The van der Waals surface area contributed by atoms with Gasteiger partial charge in [-0.15, -0.1) is 11.3 Å². The molecule has 1 aromatic carbocycles. The van der Waals surface area contributed by atoms with Crippen LogP contribution < -0.4 is 10.6 Å². The van der Waals surface area contributed by atoms with Gasteiger partial charge in [0.25, 0.3) is 5.91 Å². The predicted octanol–water partition coefficient (Wildman–Crippen LogP) is 3.53. The Balaban J connectivity index is 1.62. The average molecular weight is 349 g/mol. The molecule has 3 heterocycles. The third-order valence-electron chi connectivity index (χ3n) is 4.31. The Morgan fingerprint density at radius 2 is 1.72 bits per heavy atom. The summed E-state index contributed by atoms with van der Waals surface area (Å²) in [6.07, 6.45) is 1.78. The Morgan fingerprint density at radius 1 is 0.960 bits per heavy atom. The van der Waals surface area contributed by atoms with Gasteiger partial charge in [-0.1, -0.05) is 30.3 Å². The topological polar surface area (TPSA) is 71.1 Å². The number of aromatic nitrogens is 1. The number of thiophene rings is 1. The first-order chi connectivity index (χ1) is 12.1. The van der Waals surface area contributed by atoms with Crippen LogP contribution in [0.1, 0.15) is 12.5 Å². The van der Waals surface area contributed by atoms with Gasteiger partial charge in [-0.05, 0) is 42.3 Å². The van der Waals surface area contributed by atoms with E-state index >= 15 is 0 Å². The van der Waals surface area contributed by atoms with Crippen molar-refractivity contribution < 1.29 is 9.59 Å². The standard InChI is InChI=1S/C19H15N3O2S/c1-19(17(23)21-18(24)22-19)13-7-5-12(6-8-13)15-9-10-16(25-15)14-4-2-3-11-20-14/h2-11H,1H3,(H2,21,22,23,24)/t19-/m1/s1. The second-order valence-corrected chi connectivity index (χ2v) is 7.07. The average Bonchev–Trinajstić information content (AvgIpc) is 3.21. The van der Waals surface area contributed by atoms with Crippen molar-refractivity contribution in [3.8, 4) is 21.0 Å². The SMILES string of the molecule is C[C@]1(c2ccc(-c3ccc(-c4ccccn4)s3)cc2)NC(=O)NC1=O. The molecule has 1 fully saturated rings. The molecule has 1 aliphatic rings. The molecular formula is C19H15N3O2S. The molecule has 0 aliphatic carbocycles. The molecule has 0 bridgehead atoms. The first-order valence-electron chi connectivity index (χ1n) is 7.82. The number of carbonyl (C=O) groups excluding carboxylic acids is 2. The molecule has 6 heteroatoms. The monoisotopic (exact) mass is 349 g/mol. The fraction of sp³-hybridized carbons (Fsp3) is 0.105. The van der Waals surface area contributed by atoms with Crippen molar-refractivity contribution in [2.45, 2.75) is 12.5 Å². The van der Waals surface area contributed by atoms with Crippen LogP contribution in [0, 0.1) is 0 Å². The maximum atomic E-state index is 12.0. The molecule has 1 saturated heterocycles. The number of benzene rings is 1. The number of imide groups is 1. The summed E-state index contributed by atoms with van der Waals surface area (Å²) in [7, 11) is 0. The van der Waals surface area contributed by atoms with E-state index in [2.05, 4.69) is 27.8 Å². The van der Waals surface area contributed by atoms with E-state index in [0.717, 1.165) is 26.6 Å². The van der Waals surface area contributed by atoms with Crippen molar-refractivity contribution in [1.29, 1.82) is 0 Å². The van der Waals surface area contributed by atoms with Crippen LogP contribution in [0.25, 0.3) is 21.0 Å². The van der Waals surface area contributed by atoms with Crippen LogP contribution in [0.4, 0.5) is 4.79 Å². The second kappa shape index (κ2) is 5.82. The van der Waals surface area contributed by atoms with Gasteiger partial charge in [0.2, 0.25) is 0 Å². The number of pyridine rings is 1. The molecule has 0 unspecified atom stereocenters. The fourth-order valence-electron chi connectivity index (χ4n) is 2.85. The third kappa shape index (κ3) is 2.70. The highest BCUT2D eigenvalue weighted by Crippen LogP contribution is 2.34. The molecule has 0 spiro atoms. The van der Waals surface area contributed by atoms with E-state index in [1.807, 2.05) is 42.5 Å². The lowest BCUT2D eigenvalue weighted by molar-refractivity contribution is -0.123. The van der Waals surface area contributed by atoms with Gasteiger partial charge < -0.3 is 5.32 Å². The minimum atomic E-state index is -1.02. The summed E-state index contributed by atoms with van der Waals surface area (Å²) < 4.78 is 0. The highest BCUT2D eigenvalue weighted by atomic mass is 32.1. The van der Waals surface area contributed by atoms with Crippen LogP contribution in [0.3, 0.4) is 0 Å². The van der Waals surface area contributed by atoms with E-state index in [-0.39, 0.29) is 5.91 Å². The number of carbonyl (C=O) groups is 2. The summed E-state index contributed by atoms with van der Waals surface area (Å²) in [6, 6.07) is 17.2. The molecule has 1 atom stereocenters. The predicted molar refractivity (Wildman–Crippen MR) is 97.0 cm³/mol. The van der Waals surface area contributed by atoms with Crippen molar-refractivity contribution >= 4 is 23.3 Å². The smallest absolute Gasteiger partial charge is 0.320 e. The van der Waals surface area contributed by atoms with E-state index in [1.165, 1.54) is 0 Å². The van der Waals surface area contributed by atoms with E-state index in [1.54, 1.807) is 24.5 Å². The van der Waals surface area contributed by atoms with Crippen molar-refractivity contribution in [2.24, 2.45) is 0 Å². The summed E-state index contributed by atoms with van der Waals surface area (Å²) in [5.74, 6) is -0.334. The van der Waals surface area contributed by atoms with Crippen LogP contribution in [0.2, 0.25) is 0 Å². The van der Waals surface area contributed by atoms with Gasteiger partial charge in [0, 0.05) is 11.1 Å². The molecule has 124 valence electrons. The van der Waals surface area contributed by atoms with Crippen molar-refractivity contribution in [3.05, 3.63) is 66.4 Å². The third-order valence-corrected chi connectivity index (χ3v) is 5.47. The maximum absolute atomic E-state index is 12.0. The van der Waals surface area contributed by atoms with Gasteiger partial charge in [-0.2, -0.15) is 0 Å². The Morgan fingerprint density at radius 3 is 2.36 bits per heavy atom. The number of hydrogen-bond acceptors (Lipinski definition) is 4. The van der Waals surface area contributed by atoms with Crippen molar-refractivity contribution in [3.63, 3.8) is 0 Å². The fourth-order valence-corrected chi connectivity index (χ4v) is 3.84. The normalized spacial score (nSPS) is 19.6. The quantitative estimate of drug-likeness (QED) is 0.711. The number of nitrogens with zero attached hydrogens (tertiary/aromatic N) is 1. The number of rotatable bonds is 3. The van der Waals surface area contributed by atoms with Crippen molar-refractivity contribution in [2.75, 3.05) is 0 Å². The Labute approximate surface area is 148 Å². The van der Waals surface area contributed by atoms with Crippen LogP contribution in [-0.4, -0.2) is 16.9 Å². The summed E-state index contributed by atoms with van der Waals surface area (Å²) in [5.41, 5.74) is 1.74. The highest BCUT2D eigenvalue weighted by Gasteiger charge is 2.43. The lowest BCUT2D eigenvalue weighted by Crippen LogP contribution is -2.40. The molecule has 4 rings (SSSR count). The van der Waals surface area contributed by atoms with Crippen LogP contribution >= 0.6 is 11.3 Å². The summed E-state index contributed by atoms with van der Waals surface area (Å²) in [4.78, 5) is 30.0. The first kappa shape index (κ1) is 15.5. The van der Waals surface area contributed by atoms with Gasteiger partial charge >= 0.3 is 6.03 Å². The number of hydrogen-bond donors (Lipinski definition) is 2. The van der Waals surface area contributed by atoms with E-state index in [4.69, 9.17) is 0 Å².